The molecule has 4 heteroatoms. The number of fused-ring (bicyclic) bond motifs is 1. The first-order valence-corrected chi connectivity index (χ1v) is 7.45. The third kappa shape index (κ3) is 2.17. The Balaban J connectivity index is 1.79. The van der Waals surface area contributed by atoms with Crippen molar-refractivity contribution in [3.8, 4) is 0 Å². The number of rotatable bonds is 3. The molecule has 4 nitrogen and oxygen atoms in total. The van der Waals surface area contributed by atoms with Crippen molar-refractivity contribution in [3.05, 3.63) is 17.0 Å². The second kappa shape index (κ2) is 4.99. The number of likely N-dealkylation sites (tertiary alicyclic amines) is 1. The van der Waals surface area contributed by atoms with Crippen LogP contribution < -0.4 is 0 Å². The molecule has 0 aromatic carbocycles. The van der Waals surface area contributed by atoms with Crippen molar-refractivity contribution in [2.24, 2.45) is 11.8 Å². The number of hydrogen-bond donors (Lipinski definition) is 0. The van der Waals surface area contributed by atoms with Gasteiger partial charge in [0.05, 0.1) is 5.69 Å². The van der Waals surface area contributed by atoms with E-state index in [-0.39, 0.29) is 5.91 Å². The molecule has 1 aliphatic carbocycles. The van der Waals surface area contributed by atoms with Crippen LogP contribution in [-0.2, 0) is 6.42 Å². The third-order valence-corrected chi connectivity index (χ3v) is 4.64. The minimum atomic E-state index is 0.136. The Hall–Kier alpha value is -1.32. The van der Waals surface area contributed by atoms with E-state index in [2.05, 4.69) is 12.1 Å². The first-order valence-electron chi connectivity index (χ1n) is 7.45. The van der Waals surface area contributed by atoms with Crippen molar-refractivity contribution in [2.45, 2.75) is 46.0 Å². The van der Waals surface area contributed by atoms with Gasteiger partial charge in [-0.25, -0.2) is 0 Å². The molecule has 0 bridgehead atoms. The fourth-order valence-corrected chi connectivity index (χ4v) is 3.65. The SMILES string of the molecule is CCCc1onc(C)c1C(=O)N1CC2CCCC2C1. The fraction of sp³-hybridized carbons (Fsp3) is 0.733. The molecule has 1 amide bonds. The maximum atomic E-state index is 12.7. The van der Waals surface area contributed by atoms with Gasteiger partial charge in [-0.1, -0.05) is 18.5 Å². The molecular formula is C15H22N2O2. The average molecular weight is 262 g/mol. The van der Waals surface area contributed by atoms with Crippen LogP contribution in [-0.4, -0.2) is 29.1 Å². The average Bonchev–Trinajstić information content (AvgIpc) is 3.03. The highest BCUT2D eigenvalue weighted by Gasteiger charge is 2.39. The molecule has 2 aliphatic rings. The maximum Gasteiger partial charge on any atom is 0.259 e. The molecule has 1 aromatic rings. The van der Waals surface area contributed by atoms with Gasteiger partial charge in [-0.2, -0.15) is 0 Å². The molecule has 2 fully saturated rings. The first kappa shape index (κ1) is 12.7. The Morgan fingerprint density at radius 2 is 2.05 bits per heavy atom. The van der Waals surface area contributed by atoms with Gasteiger partial charge in [0, 0.05) is 19.5 Å². The highest BCUT2D eigenvalue weighted by molar-refractivity contribution is 5.96. The van der Waals surface area contributed by atoms with Gasteiger partial charge in [0.2, 0.25) is 0 Å². The molecule has 1 saturated carbocycles. The van der Waals surface area contributed by atoms with E-state index in [9.17, 15) is 4.79 Å². The summed E-state index contributed by atoms with van der Waals surface area (Å²) in [4.78, 5) is 14.7. The van der Waals surface area contributed by atoms with E-state index < -0.39 is 0 Å². The van der Waals surface area contributed by atoms with Gasteiger partial charge >= 0.3 is 0 Å². The molecule has 0 spiro atoms. The lowest BCUT2D eigenvalue weighted by Crippen LogP contribution is -2.30. The van der Waals surface area contributed by atoms with E-state index in [1.807, 2.05) is 11.8 Å². The molecule has 0 N–H and O–H groups in total. The normalized spacial score (nSPS) is 25.9. The zero-order chi connectivity index (χ0) is 13.4. The molecule has 2 heterocycles. The predicted molar refractivity (Wildman–Crippen MR) is 72.0 cm³/mol. The quantitative estimate of drug-likeness (QED) is 0.841. The molecular weight excluding hydrogens is 240 g/mol. The number of carbonyl (C=O) groups is 1. The highest BCUT2D eigenvalue weighted by Crippen LogP contribution is 2.38. The summed E-state index contributed by atoms with van der Waals surface area (Å²) in [5, 5.41) is 3.98. The Morgan fingerprint density at radius 3 is 2.68 bits per heavy atom. The third-order valence-electron chi connectivity index (χ3n) is 4.64. The summed E-state index contributed by atoms with van der Waals surface area (Å²) in [6.45, 7) is 5.82. The van der Waals surface area contributed by atoms with Gasteiger partial charge < -0.3 is 9.42 Å². The summed E-state index contributed by atoms with van der Waals surface area (Å²) in [5.74, 6) is 2.37. The number of aromatic nitrogens is 1. The summed E-state index contributed by atoms with van der Waals surface area (Å²) >= 11 is 0. The summed E-state index contributed by atoms with van der Waals surface area (Å²) in [6, 6.07) is 0. The van der Waals surface area contributed by atoms with Gasteiger partial charge in [-0.3, -0.25) is 4.79 Å². The van der Waals surface area contributed by atoms with Crippen LogP contribution in [0.3, 0.4) is 0 Å². The van der Waals surface area contributed by atoms with E-state index in [1.165, 1.54) is 19.3 Å². The Labute approximate surface area is 114 Å². The predicted octanol–water partition coefficient (Wildman–Crippen LogP) is 2.81. The molecule has 1 saturated heterocycles. The van der Waals surface area contributed by atoms with Crippen molar-refractivity contribution < 1.29 is 9.32 Å². The topological polar surface area (TPSA) is 46.3 Å². The summed E-state index contributed by atoms with van der Waals surface area (Å²) in [5.41, 5.74) is 1.47. The van der Waals surface area contributed by atoms with Crippen molar-refractivity contribution in [2.75, 3.05) is 13.1 Å². The molecule has 3 rings (SSSR count). The van der Waals surface area contributed by atoms with Gasteiger partial charge in [-0.05, 0) is 38.0 Å². The van der Waals surface area contributed by atoms with Gasteiger partial charge in [0.25, 0.3) is 5.91 Å². The molecule has 19 heavy (non-hydrogen) atoms. The van der Waals surface area contributed by atoms with Crippen LogP contribution >= 0.6 is 0 Å². The number of hydrogen-bond acceptors (Lipinski definition) is 3. The molecule has 2 atom stereocenters. The van der Waals surface area contributed by atoms with Crippen LogP contribution in [0.5, 0.6) is 0 Å². The smallest absolute Gasteiger partial charge is 0.259 e. The van der Waals surface area contributed by atoms with Crippen LogP contribution in [0, 0.1) is 18.8 Å². The van der Waals surface area contributed by atoms with E-state index in [4.69, 9.17) is 4.52 Å². The minimum Gasteiger partial charge on any atom is -0.360 e. The van der Waals surface area contributed by atoms with E-state index >= 15 is 0 Å². The standard InChI is InChI=1S/C15H22N2O2/c1-3-5-13-14(10(2)16-19-13)15(18)17-8-11-6-4-7-12(11)9-17/h11-12H,3-9H2,1-2H3. The number of amides is 1. The largest absolute Gasteiger partial charge is 0.360 e. The Bertz CT molecular complexity index is 468. The van der Waals surface area contributed by atoms with Crippen LogP contribution in [0.25, 0.3) is 0 Å². The Kier molecular flexibility index (Phi) is 3.33. The van der Waals surface area contributed by atoms with Crippen LogP contribution in [0.15, 0.2) is 4.52 Å². The second-order valence-electron chi connectivity index (χ2n) is 5.98. The summed E-state index contributed by atoms with van der Waals surface area (Å²) in [7, 11) is 0. The zero-order valence-corrected chi connectivity index (χ0v) is 11.8. The molecule has 1 aliphatic heterocycles. The van der Waals surface area contributed by atoms with E-state index in [0.29, 0.717) is 0 Å². The van der Waals surface area contributed by atoms with Crippen LogP contribution in [0.1, 0.15) is 54.4 Å². The molecule has 2 unspecified atom stereocenters. The molecule has 0 radical (unpaired) electrons. The van der Waals surface area contributed by atoms with Gasteiger partial charge in [-0.15, -0.1) is 0 Å². The lowest BCUT2D eigenvalue weighted by molar-refractivity contribution is 0.0777. The van der Waals surface area contributed by atoms with Crippen molar-refractivity contribution in [1.82, 2.24) is 10.1 Å². The maximum absolute atomic E-state index is 12.7. The molecule has 1 aromatic heterocycles. The van der Waals surface area contributed by atoms with Crippen molar-refractivity contribution >= 4 is 5.91 Å². The lowest BCUT2D eigenvalue weighted by atomic mass is 10.0. The number of aryl methyl sites for hydroxylation is 2. The van der Waals surface area contributed by atoms with E-state index in [1.54, 1.807) is 0 Å². The molecule has 104 valence electrons. The number of carbonyl (C=O) groups excluding carboxylic acids is 1. The van der Waals surface area contributed by atoms with Gasteiger partial charge in [0.1, 0.15) is 11.3 Å². The minimum absolute atomic E-state index is 0.136. The van der Waals surface area contributed by atoms with Crippen LogP contribution in [0.4, 0.5) is 0 Å². The monoisotopic (exact) mass is 262 g/mol. The highest BCUT2D eigenvalue weighted by atomic mass is 16.5. The van der Waals surface area contributed by atoms with Crippen LogP contribution in [0.2, 0.25) is 0 Å². The summed E-state index contributed by atoms with van der Waals surface area (Å²) < 4.78 is 5.31. The van der Waals surface area contributed by atoms with Gasteiger partial charge in [0.15, 0.2) is 0 Å². The number of nitrogens with zero attached hydrogens (tertiary/aromatic N) is 2. The Morgan fingerprint density at radius 1 is 1.37 bits per heavy atom. The van der Waals surface area contributed by atoms with Crippen molar-refractivity contribution in [1.29, 1.82) is 0 Å². The second-order valence-corrected chi connectivity index (χ2v) is 5.98. The lowest BCUT2D eigenvalue weighted by Gasteiger charge is -2.17. The first-order chi connectivity index (χ1) is 9.20. The van der Waals surface area contributed by atoms with E-state index in [0.717, 1.165) is 54.8 Å². The van der Waals surface area contributed by atoms with Crippen molar-refractivity contribution in [3.63, 3.8) is 0 Å². The zero-order valence-electron chi connectivity index (χ0n) is 11.8. The summed E-state index contributed by atoms with van der Waals surface area (Å²) in [6.07, 6.45) is 5.69. The fourth-order valence-electron chi connectivity index (χ4n) is 3.65.